The SMILES string of the molecule is CC(=O)NC[C@H]1CN(C2C=CC(C34CNCC3C4)=CC2)C(=O)O1. The highest BCUT2D eigenvalue weighted by Gasteiger charge is 2.58. The minimum atomic E-state index is -0.281. The summed E-state index contributed by atoms with van der Waals surface area (Å²) in [5, 5.41) is 6.17. The van der Waals surface area contributed by atoms with Gasteiger partial charge in [-0.1, -0.05) is 18.2 Å². The maximum Gasteiger partial charge on any atom is 0.410 e. The fraction of sp³-hybridized carbons (Fsp3) is 0.647. The van der Waals surface area contributed by atoms with Crippen molar-refractivity contribution < 1.29 is 14.3 Å². The summed E-state index contributed by atoms with van der Waals surface area (Å²) in [6.45, 7) is 4.60. The van der Waals surface area contributed by atoms with E-state index in [4.69, 9.17) is 4.74 Å². The summed E-state index contributed by atoms with van der Waals surface area (Å²) >= 11 is 0. The quantitative estimate of drug-likeness (QED) is 0.805. The Morgan fingerprint density at radius 3 is 3.04 bits per heavy atom. The number of ether oxygens (including phenoxy) is 1. The van der Waals surface area contributed by atoms with Crippen molar-refractivity contribution in [3.8, 4) is 0 Å². The molecule has 3 fully saturated rings. The van der Waals surface area contributed by atoms with Crippen LogP contribution in [0.25, 0.3) is 0 Å². The molecule has 2 saturated heterocycles. The molecule has 0 spiro atoms. The Morgan fingerprint density at radius 2 is 2.43 bits per heavy atom. The molecule has 4 rings (SSSR count). The van der Waals surface area contributed by atoms with Gasteiger partial charge in [0.25, 0.3) is 0 Å². The summed E-state index contributed by atoms with van der Waals surface area (Å²) in [7, 11) is 0. The van der Waals surface area contributed by atoms with Crippen LogP contribution < -0.4 is 10.6 Å². The number of fused-ring (bicyclic) bond motifs is 1. The first-order valence-electron chi connectivity index (χ1n) is 8.40. The molecule has 0 bridgehead atoms. The number of carbonyl (C=O) groups is 2. The van der Waals surface area contributed by atoms with E-state index in [1.54, 1.807) is 4.90 Å². The Kier molecular flexibility index (Phi) is 3.44. The minimum absolute atomic E-state index is 0.0662. The Bertz CT molecular complexity index is 600. The van der Waals surface area contributed by atoms with Crippen LogP contribution in [0.5, 0.6) is 0 Å². The van der Waals surface area contributed by atoms with E-state index >= 15 is 0 Å². The van der Waals surface area contributed by atoms with E-state index < -0.39 is 0 Å². The van der Waals surface area contributed by atoms with Gasteiger partial charge in [0.2, 0.25) is 5.91 Å². The van der Waals surface area contributed by atoms with E-state index in [0.717, 1.165) is 25.4 Å². The third-order valence-corrected chi connectivity index (χ3v) is 5.60. The lowest BCUT2D eigenvalue weighted by atomic mass is 9.89. The van der Waals surface area contributed by atoms with E-state index in [1.807, 2.05) is 0 Å². The standard InChI is InChI=1S/C17H23N3O3/c1-11(21)19-8-15-9-20(16(22)23-15)14-4-2-12(3-5-14)17-6-13(17)7-18-10-17/h2-4,13-15,18H,5-10H2,1H3,(H,19,21)/t13?,14?,15-,17?/m0/s1. The van der Waals surface area contributed by atoms with Crippen LogP contribution in [-0.2, 0) is 9.53 Å². The van der Waals surface area contributed by atoms with Gasteiger partial charge < -0.3 is 15.4 Å². The Hall–Kier alpha value is -1.82. The van der Waals surface area contributed by atoms with Gasteiger partial charge in [-0.05, 0) is 30.9 Å². The molecule has 0 aromatic carbocycles. The van der Waals surface area contributed by atoms with Crippen LogP contribution in [0.4, 0.5) is 4.79 Å². The number of cyclic esters (lactones) is 1. The van der Waals surface area contributed by atoms with Crippen LogP contribution in [0, 0.1) is 11.3 Å². The van der Waals surface area contributed by atoms with Crippen molar-refractivity contribution in [3.63, 3.8) is 0 Å². The lowest BCUT2D eigenvalue weighted by Crippen LogP contribution is -2.37. The summed E-state index contributed by atoms with van der Waals surface area (Å²) < 4.78 is 5.34. The lowest BCUT2D eigenvalue weighted by molar-refractivity contribution is -0.119. The Labute approximate surface area is 135 Å². The number of hydrogen-bond acceptors (Lipinski definition) is 4. The van der Waals surface area contributed by atoms with Gasteiger partial charge in [-0.2, -0.15) is 0 Å². The number of allylic oxidation sites excluding steroid dienone is 1. The van der Waals surface area contributed by atoms with Crippen LogP contribution in [0.3, 0.4) is 0 Å². The predicted octanol–water partition coefficient (Wildman–Crippen LogP) is 0.808. The van der Waals surface area contributed by atoms with Crippen molar-refractivity contribution in [1.82, 2.24) is 15.5 Å². The molecular weight excluding hydrogens is 294 g/mol. The van der Waals surface area contributed by atoms with E-state index in [1.165, 1.54) is 18.9 Å². The first-order chi connectivity index (χ1) is 11.1. The van der Waals surface area contributed by atoms with E-state index in [0.29, 0.717) is 18.5 Å². The van der Waals surface area contributed by atoms with Gasteiger partial charge in [-0.3, -0.25) is 9.69 Å². The molecule has 0 aromatic heterocycles. The zero-order chi connectivity index (χ0) is 16.0. The molecule has 23 heavy (non-hydrogen) atoms. The van der Waals surface area contributed by atoms with Crippen molar-refractivity contribution in [2.45, 2.75) is 31.9 Å². The molecule has 1 saturated carbocycles. The van der Waals surface area contributed by atoms with Gasteiger partial charge >= 0.3 is 6.09 Å². The number of carbonyl (C=O) groups excluding carboxylic acids is 2. The number of nitrogens with zero attached hydrogens (tertiary/aromatic N) is 1. The third kappa shape index (κ3) is 2.55. The number of amides is 2. The van der Waals surface area contributed by atoms with E-state index in [2.05, 4.69) is 28.9 Å². The molecule has 2 N–H and O–H groups in total. The van der Waals surface area contributed by atoms with Gasteiger partial charge in [0.1, 0.15) is 6.10 Å². The van der Waals surface area contributed by atoms with Crippen LogP contribution in [0.15, 0.2) is 23.8 Å². The summed E-state index contributed by atoms with van der Waals surface area (Å²) in [5.41, 5.74) is 1.81. The number of nitrogens with one attached hydrogen (secondary N) is 2. The monoisotopic (exact) mass is 317 g/mol. The average molecular weight is 317 g/mol. The van der Waals surface area contributed by atoms with Crippen molar-refractivity contribution in [1.29, 1.82) is 0 Å². The van der Waals surface area contributed by atoms with Crippen LogP contribution in [-0.4, -0.2) is 55.2 Å². The molecule has 4 aliphatic rings. The van der Waals surface area contributed by atoms with E-state index in [9.17, 15) is 9.59 Å². The molecule has 2 heterocycles. The number of rotatable bonds is 4. The second-order valence-corrected chi connectivity index (χ2v) is 7.10. The second-order valence-electron chi connectivity index (χ2n) is 7.10. The first-order valence-corrected chi connectivity index (χ1v) is 8.40. The van der Waals surface area contributed by atoms with Crippen LogP contribution >= 0.6 is 0 Å². The van der Waals surface area contributed by atoms with Crippen molar-refractivity contribution >= 4 is 12.0 Å². The smallest absolute Gasteiger partial charge is 0.410 e. The molecule has 3 unspecified atom stereocenters. The number of piperidine rings is 1. The van der Waals surface area contributed by atoms with Gasteiger partial charge in [0.05, 0.1) is 19.1 Å². The second kappa shape index (κ2) is 5.37. The predicted molar refractivity (Wildman–Crippen MR) is 84.7 cm³/mol. The van der Waals surface area contributed by atoms with Crippen molar-refractivity contribution in [2.75, 3.05) is 26.2 Å². The zero-order valence-electron chi connectivity index (χ0n) is 13.4. The molecule has 0 aromatic rings. The molecular formula is C17H23N3O3. The normalized spacial score (nSPS) is 38.1. The zero-order valence-corrected chi connectivity index (χ0v) is 13.4. The fourth-order valence-electron chi connectivity index (χ4n) is 4.18. The van der Waals surface area contributed by atoms with E-state index in [-0.39, 0.29) is 24.1 Å². The summed E-state index contributed by atoms with van der Waals surface area (Å²) in [4.78, 5) is 24.8. The molecule has 6 heteroatoms. The van der Waals surface area contributed by atoms with Crippen LogP contribution in [0.2, 0.25) is 0 Å². The fourth-order valence-corrected chi connectivity index (χ4v) is 4.18. The minimum Gasteiger partial charge on any atom is -0.442 e. The topological polar surface area (TPSA) is 70.7 Å². The maximum absolute atomic E-state index is 12.1. The van der Waals surface area contributed by atoms with Crippen LogP contribution in [0.1, 0.15) is 19.8 Å². The highest BCUT2D eigenvalue weighted by atomic mass is 16.6. The third-order valence-electron chi connectivity index (χ3n) is 5.60. The largest absolute Gasteiger partial charge is 0.442 e. The van der Waals surface area contributed by atoms with Gasteiger partial charge in [0, 0.05) is 18.9 Å². The van der Waals surface area contributed by atoms with Gasteiger partial charge in [-0.15, -0.1) is 0 Å². The summed E-state index contributed by atoms with van der Waals surface area (Å²) in [6, 6.07) is 0.0662. The van der Waals surface area contributed by atoms with Crippen molar-refractivity contribution in [3.05, 3.63) is 23.8 Å². The molecule has 2 amide bonds. The highest BCUT2D eigenvalue weighted by Crippen LogP contribution is 2.60. The number of hydrogen-bond donors (Lipinski definition) is 2. The maximum atomic E-state index is 12.1. The van der Waals surface area contributed by atoms with Crippen molar-refractivity contribution in [2.24, 2.45) is 11.3 Å². The molecule has 6 nitrogen and oxygen atoms in total. The first kappa shape index (κ1) is 14.8. The molecule has 2 aliphatic carbocycles. The lowest BCUT2D eigenvalue weighted by Gasteiger charge is -2.26. The summed E-state index contributed by atoms with van der Waals surface area (Å²) in [5.74, 6) is 0.696. The van der Waals surface area contributed by atoms with Gasteiger partial charge in [-0.25, -0.2) is 4.79 Å². The summed E-state index contributed by atoms with van der Waals surface area (Å²) in [6.07, 6.45) is 8.25. The molecule has 0 radical (unpaired) electrons. The Morgan fingerprint density at radius 1 is 1.57 bits per heavy atom. The average Bonchev–Trinajstić information content (AvgIpc) is 2.90. The molecule has 124 valence electrons. The molecule has 2 aliphatic heterocycles. The van der Waals surface area contributed by atoms with Gasteiger partial charge in [0.15, 0.2) is 0 Å². The highest BCUT2D eigenvalue weighted by molar-refractivity contribution is 5.73. The molecule has 4 atom stereocenters. The Balaban J connectivity index is 1.35.